The van der Waals surface area contributed by atoms with Gasteiger partial charge in [-0.1, -0.05) is 6.07 Å². The molecule has 4 nitrogen and oxygen atoms in total. The minimum Gasteiger partial charge on any atom is -0.329 e. The van der Waals surface area contributed by atoms with E-state index in [1.807, 2.05) is 33.8 Å². The molecule has 0 aromatic heterocycles. The molecule has 0 aliphatic carbocycles. The molecule has 0 saturated carbocycles. The lowest BCUT2D eigenvalue weighted by Gasteiger charge is -2.26. The SMILES string of the molecule is Cc1cc(C)c(C)c(S(=O)(=O)NC(C)(C)CN)c1C.Cl. The summed E-state index contributed by atoms with van der Waals surface area (Å²) >= 11 is 0. The van der Waals surface area contributed by atoms with Crippen molar-refractivity contribution in [2.75, 3.05) is 6.54 Å². The van der Waals surface area contributed by atoms with Crippen LogP contribution in [0.1, 0.15) is 36.1 Å². The van der Waals surface area contributed by atoms with Crippen LogP contribution in [0, 0.1) is 27.7 Å². The van der Waals surface area contributed by atoms with Gasteiger partial charge in [-0.2, -0.15) is 0 Å². The Morgan fingerprint density at radius 1 is 1.10 bits per heavy atom. The zero-order valence-electron chi connectivity index (χ0n) is 13.0. The third-order valence-corrected chi connectivity index (χ3v) is 5.46. The van der Waals surface area contributed by atoms with E-state index in [4.69, 9.17) is 5.73 Å². The maximum absolute atomic E-state index is 12.6. The van der Waals surface area contributed by atoms with Crippen LogP contribution in [0.5, 0.6) is 0 Å². The molecule has 0 spiro atoms. The average Bonchev–Trinajstić information content (AvgIpc) is 2.25. The van der Waals surface area contributed by atoms with E-state index in [-0.39, 0.29) is 19.0 Å². The summed E-state index contributed by atoms with van der Waals surface area (Å²) in [5, 5.41) is 0. The molecule has 3 N–H and O–H groups in total. The van der Waals surface area contributed by atoms with Crippen LogP contribution >= 0.6 is 12.4 Å². The topological polar surface area (TPSA) is 72.2 Å². The lowest BCUT2D eigenvalue weighted by molar-refractivity contribution is 0.462. The molecular formula is C14H25ClN2O2S. The summed E-state index contributed by atoms with van der Waals surface area (Å²) in [4.78, 5) is 0.381. The number of halogens is 1. The Kier molecular flexibility index (Phi) is 6.23. The molecule has 0 aliphatic heterocycles. The van der Waals surface area contributed by atoms with Gasteiger partial charge in [0, 0.05) is 12.1 Å². The van der Waals surface area contributed by atoms with Crippen LogP contribution in [0.2, 0.25) is 0 Å². The van der Waals surface area contributed by atoms with Gasteiger partial charge in [-0.3, -0.25) is 0 Å². The molecule has 0 fully saturated rings. The van der Waals surface area contributed by atoms with Crippen LogP contribution in [-0.4, -0.2) is 20.5 Å². The summed E-state index contributed by atoms with van der Waals surface area (Å²) in [5.74, 6) is 0. The number of hydrogen-bond donors (Lipinski definition) is 2. The summed E-state index contributed by atoms with van der Waals surface area (Å²) in [6, 6.07) is 2.01. The lowest BCUT2D eigenvalue weighted by atomic mass is 10.0. The second kappa shape index (κ2) is 6.43. The normalized spacial score (nSPS) is 12.2. The van der Waals surface area contributed by atoms with Gasteiger partial charge in [0.05, 0.1) is 4.90 Å². The van der Waals surface area contributed by atoms with Gasteiger partial charge in [0.1, 0.15) is 0 Å². The van der Waals surface area contributed by atoms with E-state index in [0.29, 0.717) is 4.90 Å². The van der Waals surface area contributed by atoms with Crippen LogP contribution in [0.25, 0.3) is 0 Å². The van der Waals surface area contributed by atoms with E-state index in [1.165, 1.54) is 0 Å². The highest BCUT2D eigenvalue weighted by atomic mass is 35.5. The van der Waals surface area contributed by atoms with E-state index in [0.717, 1.165) is 22.3 Å². The quantitative estimate of drug-likeness (QED) is 0.894. The third kappa shape index (κ3) is 3.95. The van der Waals surface area contributed by atoms with E-state index >= 15 is 0 Å². The lowest BCUT2D eigenvalue weighted by Crippen LogP contribution is -2.49. The number of sulfonamides is 1. The number of hydrogen-bond acceptors (Lipinski definition) is 3. The minimum absolute atomic E-state index is 0. The summed E-state index contributed by atoms with van der Waals surface area (Å²) in [5.41, 5.74) is 8.49. The molecule has 0 amide bonds. The first-order chi connectivity index (χ1) is 8.52. The Hall–Kier alpha value is -0.620. The molecule has 1 aromatic carbocycles. The van der Waals surface area contributed by atoms with Crippen LogP contribution in [0.3, 0.4) is 0 Å². The van der Waals surface area contributed by atoms with Crippen molar-refractivity contribution in [2.24, 2.45) is 5.73 Å². The van der Waals surface area contributed by atoms with E-state index in [2.05, 4.69) is 4.72 Å². The van der Waals surface area contributed by atoms with Gasteiger partial charge < -0.3 is 5.73 Å². The maximum Gasteiger partial charge on any atom is 0.241 e. The highest BCUT2D eigenvalue weighted by Crippen LogP contribution is 2.26. The summed E-state index contributed by atoms with van der Waals surface area (Å²) in [6.45, 7) is 11.3. The van der Waals surface area contributed by atoms with Crippen LogP contribution in [0.4, 0.5) is 0 Å². The van der Waals surface area contributed by atoms with Gasteiger partial charge in [0.15, 0.2) is 0 Å². The number of benzene rings is 1. The summed E-state index contributed by atoms with van der Waals surface area (Å²) in [6.07, 6.45) is 0. The van der Waals surface area contributed by atoms with Crippen molar-refractivity contribution < 1.29 is 8.42 Å². The second-order valence-corrected chi connectivity index (χ2v) is 7.40. The first kappa shape index (κ1) is 19.4. The average molecular weight is 321 g/mol. The zero-order valence-corrected chi connectivity index (χ0v) is 14.6. The Bertz CT molecular complexity index is 569. The molecule has 0 bridgehead atoms. The van der Waals surface area contributed by atoms with Gasteiger partial charge in [-0.05, 0) is 63.8 Å². The Morgan fingerprint density at radius 2 is 1.50 bits per heavy atom. The fraction of sp³-hybridized carbons (Fsp3) is 0.571. The molecular weight excluding hydrogens is 296 g/mol. The number of nitrogens with one attached hydrogen (secondary N) is 1. The fourth-order valence-electron chi connectivity index (χ4n) is 2.04. The van der Waals surface area contributed by atoms with Crippen molar-refractivity contribution in [3.05, 3.63) is 28.3 Å². The highest BCUT2D eigenvalue weighted by molar-refractivity contribution is 7.89. The van der Waals surface area contributed by atoms with Gasteiger partial charge in [-0.15, -0.1) is 12.4 Å². The molecule has 0 radical (unpaired) electrons. The van der Waals surface area contributed by atoms with Gasteiger partial charge in [0.25, 0.3) is 0 Å². The Balaban J connectivity index is 0.00000361. The molecule has 116 valence electrons. The van der Waals surface area contributed by atoms with Crippen LogP contribution < -0.4 is 10.5 Å². The monoisotopic (exact) mass is 320 g/mol. The number of rotatable bonds is 4. The first-order valence-electron chi connectivity index (χ1n) is 6.33. The molecule has 0 saturated heterocycles. The predicted molar refractivity (Wildman–Crippen MR) is 86.1 cm³/mol. The predicted octanol–water partition coefficient (Wildman–Crippen LogP) is 2.36. The smallest absolute Gasteiger partial charge is 0.241 e. The van der Waals surface area contributed by atoms with Crippen LogP contribution in [0.15, 0.2) is 11.0 Å². The van der Waals surface area contributed by atoms with Gasteiger partial charge in [0.2, 0.25) is 10.0 Å². The van der Waals surface area contributed by atoms with Gasteiger partial charge in [-0.25, -0.2) is 13.1 Å². The number of nitrogens with two attached hydrogens (primary N) is 1. The van der Waals surface area contributed by atoms with Crippen molar-refractivity contribution in [1.82, 2.24) is 4.72 Å². The Labute approximate surface area is 128 Å². The molecule has 0 aliphatic rings. The van der Waals surface area contributed by atoms with E-state index in [1.54, 1.807) is 13.8 Å². The number of aryl methyl sites for hydroxylation is 2. The fourth-order valence-corrected chi connectivity index (χ4v) is 4.08. The van der Waals surface area contributed by atoms with Crippen molar-refractivity contribution in [2.45, 2.75) is 52.0 Å². The molecule has 0 unspecified atom stereocenters. The first-order valence-corrected chi connectivity index (χ1v) is 7.81. The molecule has 1 aromatic rings. The molecule has 20 heavy (non-hydrogen) atoms. The molecule has 0 atom stereocenters. The summed E-state index contributed by atoms with van der Waals surface area (Å²) in [7, 11) is -3.57. The van der Waals surface area contributed by atoms with Crippen molar-refractivity contribution in [1.29, 1.82) is 0 Å². The molecule has 0 heterocycles. The Morgan fingerprint density at radius 3 is 1.85 bits per heavy atom. The standard InChI is InChI=1S/C14H24N2O2S.ClH/c1-9-7-10(2)12(4)13(11(9)3)19(17,18)16-14(5,6)8-15;/h7,16H,8,15H2,1-6H3;1H. The summed E-state index contributed by atoms with van der Waals surface area (Å²) < 4.78 is 27.9. The van der Waals surface area contributed by atoms with Crippen molar-refractivity contribution in [3.63, 3.8) is 0 Å². The van der Waals surface area contributed by atoms with Gasteiger partial charge >= 0.3 is 0 Å². The highest BCUT2D eigenvalue weighted by Gasteiger charge is 2.28. The van der Waals surface area contributed by atoms with Crippen LogP contribution in [-0.2, 0) is 10.0 Å². The van der Waals surface area contributed by atoms with Crippen molar-refractivity contribution >= 4 is 22.4 Å². The second-order valence-electron chi connectivity index (χ2n) is 5.78. The van der Waals surface area contributed by atoms with Crippen molar-refractivity contribution in [3.8, 4) is 0 Å². The zero-order chi connectivity index (χ0) is 15.0. The molecule has 1 rings (SSSR count). The minimum atomic E-state index is -3.57. The third-order valence-electron chi connectivity index (χ3n) is 3.49. The molecule has 6 heteroatoms. The maximum atomic E-state index is 12.6. The van der Waals surface area contributed by atoms with E-state index in [9.17, 15) is 8.42 Å². The van der Waals surface area contributed by atoms with E-state index < -0.39 is 15.6 Å². The largest absolute Gasteiger partial charge is 0.329 e.